The minimum Gasteiger partial charge on any atom is -0.299 e. The molecule has 0 aromatic rings. The van der Waals surface area contributed by atoms with Gasteiger partial charge in [0.05, 0.1) is 0 Å². The van der Waals surface area contributed by atoms with Gasteiger partial charge in [-0.1, -0.05) is 55.4 Å². The Morgan fingerprint density at radius 1 is 0.645 bits per heavy atom. The fourth-order valence-electron chi connectivity index (χ4n) is 11.1. The Labute approximate surface area is 192 Å². The van der Waals surface area contributed by atoms with E-state index in [0.29, 0.717) is 38.8 Å². The van der Waals surface area contributed by atoms with E-state index in [-0.39, 0.29) is 5.41 Å². The van der Waals surface area contributed by atoms with Crippen molar-refractivity contribution < 1.29 is 4.79 Å². The molecule has 5 saturated carbocycles. The van der Waals surface area contributed by atoms with Crippen LogP contribution in [0.25, 0.3) is 0 Å². The number of carbonyl (C=O) groups is 1. The Morgan fingerprint density at radius 2 is 1.32 bits per heavy atom. The molecule has 176 valence electrons. The third kappa shape index (κ3) is 2.76. The zero-order chi connectivity index (χ0) is 22.7. The van der Waals surface area contributed by atoms with E-state index in [0.717, 1.165) is 30.6 Å². The van der Waals surface area contributed by atoms with E-state index in [1.54, 1.807) is 0 Å². The molecule has 8 atom stereocenters. The number of hydrogen-bond acceptors (Lipinski definition) is 1. The van der Waals surface area contributed by atoms with Crippen molar-refractivity contribution in [3.63, 3.8) is 0 Å². The van der Waals surface area contributed by atoms with E-state index in [2.05, 4.69) is 55.4 Å². The van der Waals surface area contributed by atoms with Crippen LogP contribution in [0.2, 0.25) is 0 Å². The standard InChI is InChI=1S/C30H50O/c1-25(2)15-16-27(5)17-18-29(7)20(21(27)19-25)9-10-23-28(6)13-12-24(31)26(3,4)22(28)11-14-30(23,29)8/h20-23H,9-19H2,1-8H3/t20-,21-,22-,23-,27-,28+,29-,30-/m1/s1. The van der Waals surface area contributed by atoms with Gasteiger partial charge in [0.1, 0.15) is 5.78 Å². The Balaban J connectivity index is 1.53. The molecular formula is C30H50O. The molecule has 5 aliphatic carbocycles. The molecule has 31 heavy (non-hydrogen) atoms. The summed E-state index contributed by atoms with van der Waals surface area (Å²) in [5, 5.41) is 0. The van der Waals surface area contributed by atoms with Crippen LogP contribution < -0.4 is 0 Å². The molecule has 0 heterocycles. The molecule has 0 saturated heterocycles. The highest BCUT2D eigenvalue weighted by molar-refractivity contribution is 5.85. The second kappa shape index (κ2) is 6.41. The van der Waals surface area contributed by atoms with Crippen LogP contribution >= 0.6 is 0 Å². The average Bonchev–Trinajstić information content (AvgIpc) is 2.67. The lowest BCUT2D eigenvalue weighted by Gasteiger charge is -2.73. The smallest absolute Gasteiger partial charge is 0.138 e. The number of ketones is 1. The van der Waals surface area contributed by atoms with Gasteiger partial charge in [-0.05, 0) is 115 Å². The predicted octanol–water partition coefficient (Wildman–Crippen LogP) is 8.46. The second-order valence-corrected chi connectivity index (χ2v) is 15.4. The lowest BCUT2D eigenvalue weighted by molar-refractivity contribution is -0.240. The highest BCUT2D eigenvalue weighted by Gasteiger charge is 2.69. The molecule has 0 aromatic carbocycles. The molecule has 5 rings (SSSR count). The van der Waals surface area contributed by atoms with Crippen molar-refractivity contribution in [2.24, 2.45) is 56.2 Å². The Morgan fingerprint density at radius 3 is 2.03 bits per heavy atom. The van der Waals surface area contributed by atoms with Gasteiger partial charge >= 0.3 is 0 Å². The molecule has 0 amide bonds. The molecule has 0 N–H and O–H groups in total. The van der Waals surface area contributed by atoms with Gasteiger partial charge in [-0.2, -0.15) is 0 Å². The normalized spacial score (nSPS) is 55.4. The molecular weight excluding hydrogens is 376 g/mol. The van der Waals surface area contributed by atoms with E-state index >= 15 is 0 Å². The van der Waals surface area contributed by atoms with Gasteiger partial charge < -0.3 is 0 Å². The van der Waals surface area contributed by atoms with Gasteiger partial charge in [0, 0.05) is 11.8 Å². The van der Waals surface area contributed by atoms with Gasteiger partial charge in [0.2, 0.25) is 0 Å². The van der Waals surface area contributed by atoms with Crippen molar-refractivity contribution in [3.05, 3.63) is 0 Å². The van der Waals surface area contributed by atoms with Crippen molar-refractivity contribution in [1.82, 2.24) is 0 Å². The summed E-state index contributed by atoms with van der Waals surface area (Å²) in [7, 11) is 0. The van der Waals surface area contributed by atoms with E-state index in [1.165, 1.54) is 57.8 Å². The van der Waals surface area contributed by atoms with Crippen LogP contribution in [0.5, 0.6) is 0 Å². The van der Waals surface area contributed by atoms with E-state index < -0.39 is 0 Å². The lowest BCUT2D eigenvalue weighted by Crippen LogP contribution is -2.66. The van der Waals surface area contributed by atoms with E-state index in [4.69, 9.17) is 0 Å². The maximum absolute atomic E-state index is 12.9. The molecule has 1 heteroatoms. The van der Waals surface area contributed by atoms with Crippen molar-refractivity contribution in [1.29, 1.82) is 0 Å². The summed E-state index contributed by atoms with van der Waals surface area (Å²) < 4.78 is 0. The largest absolute Gasteiger partial charge is 0.299 e. The summed E-state index contributed by atoms with van der Waals surface area (Å²) in [5.74, 6) is 3.75. The summed E-state index contributed by atoms with van der Waals surface area (Å²) in [6.07, 6.45) is 14.7. The quantitative estimate of drug-likeness (QED) is 0.379. The zero-order valence-corrected chi connectivity index (χ0v) is 22.0. The van der Waals surface area contributed by atoms with Crippen molar-refractivity contribution >= 4 is 5.78 Å². The molecule has 0 radical (unpaired) electrons. The number of fused-ring (bicyclic) bond motifs is 7. The summed E-state index contributed by atoms with van der Waals surface area (Å²) in [6, 6.07) is 0. The molecule has 5 fully saturated rings. The Kier molecular flexibility index (Phi) is 4.65. The SMILES string of the molecule is CC1(C)CC[C@]2(C)CC[C@]3(C)[C@H](CC[C@@H]4[C@@]5(C)CCC(=O)C(C)(C)[C@H]5CC[C@]43C)[C@H]2C1. The fraction of sp³-hybridized carbons (Fsp3) is 0.967. The first-order valence-electron chi connectivity index (χ1n) is 13.7. The van der Waals surface area contributed by atoms with Gasteiger partial charge in [0.25, 0.3) is 0 Å². The van der Waals surface area contributed by atoms with Gasteiger partial charge in [-0.3, -0.25) is 4.79 Å². The van der Waals surface area contributed by atoms with Crippen LogP contribution in [0.3, 0.4) is 0 Å². The maximum Gasteiger partial charge on any atom is 0.138 e. The third-order valence-corrected chi connectivity index (χ3v) is 13.4. The van der Waals surface area contributed by atoms with Gasteiger partial charge in [0.15, 0.2) is 0 Å². The summed E-state index contributed by atoms with van der Waals surface area (Å²) in [4.78, 5) is 12.9. The zero-order valence-electron chi connectivity index (χ0n) is 22.0. The summed E-state index contributed by atoms with van der Waals surface area (Å²) in [6.45, 7) is 20.4. The number of rotatable bonds is 0. The van der Waals surface area contributed by atoms with E-state index in [1.807, 2.05) is 0 Å². The van der Waals surface area contributed by atoms with Crippen molar-refractivity contribution in [3.8, 4) is 0 Å². The van der Waals surface area contributed by atoms with Crippen LogP contribution in [0.1, 0.15) is 126 Å². The first kappa shape index (κ1) is 22.5. The summed E-state index contributed by atoms with van der Waals surface area (Å²) in [5.41, 5.74) is 2.27. The van der Waals surface area contributed by atoms with Gasteiger partial charge in [-0.25, -0.2) is 0 Å². The van der Waals surface area contributed by atoms with E-state index in [9.17, 15) is 4.79 Å². The number of Topliss-reactive ketones (excluding diaryl/α,β-unsaturated/α-hetero) is 1. The minimum absolute atomic E-state index is 0.120. The third-order valence-electron chi connectivity index (χ3n) is 13.4. The monoisotopic (exact) mass is 426 g/mol. The van der Waals surface area contributed by atoms with Crippen molar-refractivity contribution in [2.45, 2.75) is 126 Å². The molecule has 0 bridgehead atoms. The van der Waals surface area contributed by atoms with Crippen LogP contribution in [0.15, 0.2) is 0 Å². The molecule has 1 nitrogen and oxygen atoms in total. The summed E-state index contributed by atoms with van der Waals surface area (Å²) >= 11 is 0. The minimum atomic E-state index is -0.120. The van der Waals surface area contributed by atoms with Crippen LogP contribution in [0, 0.1) is 56.2 Å². The fourth-order valence-corrected chi connectivity index (χ4v) is 11.1. The second-order valence-electron chi connectivity index (χ2n) is 15.4. The van der Waals surface area contributed by atoms with Crippen LogP contribution in [-0.4, -0.2) is 5.78 Å². The maximum atomic E-state index is 12.9. The van der Waals surface area contributed by atoms with Crippen LogP contribution in [-0.2, 0) is 4.79 Å². The Bertz CT molecular complexity index is 777. The molecule has 0 unspecified atom stereocenters. The lowest BCUT2D eigenvalue weighted by atomic mass is 9.31. The van der Waals surface area contributed by atoms with Gasteiger partial charge in [-0.15, -0.1) is 0 Å². The molecule has 0 aliphatic heterocycles. The first-order valence-corrected chi connectivity index (χ1v) is 13.7. The number of hydrogen-bond donors (Lipinski definition) is 0. The molecule has 0 aromatic heterocycles. The van der Waals surface area contributed by atoms with Crippen LogP contribution in [0.4, 0.5) is 0 Å². The number of carbonyl (C=O) groups excluding carboxylic acids is 1. The topological polar surface area (TPSA) is 17.1 Å². The highest BCUT2D eigenvalue weighted by atomic mass is 16.1. The first-order chi connectivity index (χ1) is 14.2. The van der Waals surface area contributed by atoms with Crippen molar-refractivity contribution in [2.75, 3.05) is 0 Å². The predicted molar refractivity (Wildman–Crippen MR) is 130 cm³/mol. The average molecular weight is 427 g/mol. The molecule has 5 aliphatic rings. The molecule has 0 spiro atoms. The highest BCUT2D eigenvalue weighted by Crippen LogP contribution is 2.76. The Hall–Kier alpha value is -0.330.